The number of nitrogens with one attached hydrogen (secondary N) is 2. The average Bonchev–Trinajstić information content (AvgIpc) is 2.98. The van der Waals surface area contributed by atoms with E-state index in [2.05, 4.69) is 10.6 Å². The van der Waals surface area contributed by atoms with Crippen LogP contribution in [0.25, 0.3) is 0 Å². The maximum absolute atomic E-state index is 12.1. The molecule has 2 rings (SSSR count). The van der Waals surface area contributed by atoms with Gasteiger partial charge in [-0.25, -0.2) is 0 Å². The number of ether oxygens (including phenoxy) is 1. The van der Waals surface area contributed by atoms with E-state index in [9.17, 15) is 9.59 Å². The zero-order valence-corrected chi connectivity index (χ0v) is 13.5. The van der Waals surface area contributed by atoms with E-state index < -0.39 is 0 Å². The second kappa shape index (κ2) is 8.53. The lowest BCUT2D eigenvalue weighted by Crippen LogP contribution is -2.30. The molecule has 1 aliphatic carbocycles. The van der Waals surface area contributed by atoms with Gasteiger partial charge in [0.25, 0.3) is 5.91 Å². The molecule has 6 nitrogen and oxygen atoms in total. The maximum atomic E-state index is 12.1. The van der Waals surface area contributed by atoms with Crippen LogP contribution in [-0.2, 0) is 16.1 Å². The lowest BCUT2D eigenvalue weighted by atomic mass is 10.1. The normalized spacial score (nSPS) is 20.1. The smallest absolute Gasteiger partial charge is 0.257 e. The molecule has 0 heterocycles. The first-order valence-electron chi connectivity index (χ1n) is 8.10. The first-order valence-corrected chi connectivity index (χ1v) is 8.10. The summed E-state index contributed by atoms with van der Waals surface area (Å²) in [5, 5.41) is 5.62. The van der Waals surface area contributed by atoms with Gasteiger partial charge in [0.15, 0.2) is 6.61 Å². The zero-order chi connectivity index (χ0) is 16.7. The molecule has 1 aromatic rings. The molecule has 6 heteroatoms. The third-order valence-electron chi connectivity index (χ3n) is 3.95. The number of benzene rings is 1. The van der Waals surface area contributed by atoms with Gasteiger partial charge in [-0.3, -0.25) is 9.59 Å². The summed E-state index contributed by atoms with van der Waals surface area (Å²) < 4.78 is 5.44. The van der Waals surface area contributed by atoms with E-state index in [4.69, 9.17) is 10.5 Å². The molecule has 0 bridgehead atoms. The Kier molecular flexibility index (Phi) is 6.40. The SMILES string of the molecule is CCNC(=O)COc1cccc(CNC(=O)C2CCC(N)C2)c1. The maximum Gasteiger partial charge on any atom is 0.257 e. The van der Waals surface area contributed by atoms with Crippen molar-refractivity contribution in [3.05, 3.63) is 29.8 Å². The van der Waals surface area contributed by atoms with E-state index in [0.717, 1.165) is 24.8 Å². The summed E-state index contributed by atoms with van der Waals surface area (Å²) in [7, 11) is 0. The second-order valence-corrected chi connectivity index (χ2v) is 5.88. The molecule has 126 valence electrons. The Labute approximate surface area is 136 Å². The monoisotopic (exact) mass is 319 g/mol. The summed E-state index contributed by atoms with van der Waals surface area (Å²) in [6, 6.07) is 7.54. The van der Waals surface area contributed by atoms with Gasteiger partial charge in [0.2, 0.25) is 5.91 Å². The van der Waals surface area contributed by atoms with Crippen molar-refractivity contribution in [1.82, 2.24) is 10.6 Å². The molecular formula is C17H25N3O3. The predicted molar refractivity (Wildman–Crippen MR) is 87.8 cm³/mol. The fourth-order valence-electron chi connectivity index (χ4n) is 2.73. The Morgan fingerprint density at radius 3 is 2.83 bits per heavy atom. The summed E-state index contributed by atoms with van der Waals surface area (Å²) >= 11 is 0. The number of nitrogens with two attached hydrogens (primary N) is 1. The van der Waals surface area contributed by atoms with E-state index in [1.54, 1.807) is 6.07 Å². The fraction of sp³-hybridized carbons (Fsp3) is 0.529. The number of hydrogen-bond acceptors (Lipinski definition) is 4. The average molecular weight is 319 g/mol. The Morgan fingerprint density at radius 1 is 1.30 bits per heavy atom. The minimum absolute atomic E-state index is 0.0103. The van der Waals surface area contributed by atoms with Crippen molar-refractivity contribution in [2.24, 2.45) is 11.7 Å². The summed E-state index contributed by atoms with van der Waals surface area (Å²) in [5.41, 5.74) is 6.78. The first kappa shape index (κ1) is 17.3. The van der Waals surface area contributed by atoms with Gasteiger partial charge in [0, 0.05) is 25.0 Å². The topological polar surface area (TPSA) is 93.5 Å². The van der Waals surface area contributed by atoms with Crippen LogP contribution in [0.2, 0.25) is 0 Å². The van der Waals surface area contributed by atoms with Crippen LogP contribution in [0.1, 0.15) is 31.7 Å². The van der Waals surface area contributed by atoms with E-state index in [1.807, 2.05) is 25.1 Å². The van der Waals surface area contributed by atoms with Gasteiger partial charge in [0.1, 0.15) is 5.75 Å². The number of likely N-dealkylation sites (N-methyl/N-ethyl adjacent to an activating group) is 1. The van der Waals surface area contributed by atoms with Crippen molar-refractivity contribution in [2.75, 3.05) is 13.2 Å². The zero-order valence-electron chi connectivity index (χ0n) is 13.5. The molecule has 23 heavy (non-hydrogen) atoms. The molecule has 1 aromatic carbocycles. The number of carbonyl (C=O) groups is 2. The largest absolute Gasteiger partial charge is 0.484 e. The summed E-state index contributed by atoms with van der Waals surface area (Å²) in [5.74, 6) is 0.559. The standard InChI is InChI=1S/C17H25N3O3/c1-2-19-16(21)11-23-15-5-3-4-12(8-15)10-20-17(22)13-6-7-14(18)9-13/h3-5,8,13-14H,2,6-7,9-11,18H2,1H3,(H,19,21)(H,20,22). The van der Waals surface area contributed by atoms with E-state index in [-0.39, 0.29) is 30.4 Å². The van der Waals surface area contributed by atoms with E-state index in [0.29, 0.717) is 18.8 Å². The Morgan fingerprint density at radius 2 is 2.13 bits per heavy atom. The predicted octanol–water partition coefficient (Wildman–Crippen LogP) is 0.945. The first-order chi connectivity index (χ1) is 11.1. The van der Waals surface area contributed by atoms with Crippen LogP contribution in [0.4, 0.5) is 0 Å². The highest BCUT2D eigenvalue weighted by Crippen LogP contribution is 2.24. The second-order valence-electron chi connectivity index (χ2n) is 5.88. The molecule has 0 radical (unpaired) electrons. The summed E-state index contributed by atoms with van der Waals surface area (Å²) in [6.45, 7) is 2.88. The highest BCUT2D eigenvalue weighted by Gasteiger charge is 2.27. The van der Waals surface area contributed by atoms with Crippen molar-refractivity contribution in [1.29, 1.82) is 0 Å². The number of amides is 2. The molecule has 0 saturated heterocycles. The lowest BCUT2D eigenvalue weighted by Gasteiger charge is -2.12. The van der Waals surface area contributed by atoms with Gasteiger partial charge in [-0.15, -0.1) is 0 Å². The third-order valence-corrected chi connectivity index (χ3v) is 3.95. The number of rotatable bonds is 7. The molecule has 0 spiro atoms. The fourth-order valence-corrected chi connectivity index (χ4v) is 2.73. The van der Waals surface area contributed by atoms with Crippen molar-refractivity contribution in [2.45, 2.75) is 38.8 Å². The van der Waals surface area contributed by atoms with Crippen molar-refractivity contribution in [3.63, 3.8) is 0 Å². The number of hydrogen-bond donors (Lipinski definition) is 3. The molecule has 4 N–H and O–H groups in total. The minimum Gasteiger partial charge on any atom is -0.484 e. The molecule has 0 aliphatic heterocycles. The Balaban J connectivity index is 1.80. The van der Waals surface area contributed by atoms with Gasteiger partial charge in [-0.05, 0) is 43.9 Å². The third kappa shape index (κ3) is 5.56. The van der Waals surface area contributed by atoms with Crippen molar-refractivity contribution < 1.29 is 14.3 Å². The molecule has 2 atom stereocenters. The molecule has 0 aromatic heterocycles. The van der Waals surface area contributed by atoms with Crippen LogP contribution in [0.3, 0.4) is 0 Å². The molecule has 2 amide bonds. The molecule has 1 saturated carbocycles. The Hall–Kier alpha value is -2.08. The highest BCUT2D eigenvalue weighted by atomic mass is 16.5. The van der Waals surface area contributed by atoms with Gasteiger partial charge in [0.05, 0.1) is 0 Å². The molecule has 1 aliphatic rings. The van der Waals surface area contributed by atoms with Crippen LogP contribution >= 0.6 is 0 Å². The summed E-state index contributed by atoms with van der Waals surface area (Å²) in [4.78, 5) is 23.5. The van der Waals surface area contributed by atoms with Crippen LogP contribution in [0, 0.1) is 5.92 Å². The Bertz CT molecular complexity index is 548. The van der Waals surface area contributed by atoms with Crippen molar-refractivity contribution >= 4 is 11.8 Å². The lowest BCUT2D eigenvalue weighted by molar-refractivity contribution is -0.125. The van der Waals surface area contributed by atoms with Crippen LogP contribution < -0.4 is 21.1 Å². The molecular weight excluding hydrogens is 294 g/mol. The van der Waals surface area contributed by atoms with Crippen LogP contribution in [0.5, 0.6) is 5.75 Å². The van der Waals surface area contributed by atoms with Gasteiger partial charge in [-0.1, -0.05) is 12.1 Å². The van der Waals surface area contributed by atoms with E-state index in [1.165, 1.54) is 0 Å². The molecule has 2 unspecified atom stereocenters. The quantitative estimate of drug-likeness (QED) is 0.697. The van der Waals surface area contributed by atoms with Gasteiger partial charge >= 0.3 is 0 Å². The minimum atomic E-state index is -0.149. The van der Waals surface area contributed by atoms with Gasteiger partial charge < -0.3 is 21.1 Å². The van der Waals surface area contributed by atoms with Crippen LogP contribution in [-0.4, -0.2) is 31.0 Å². The van der Waals surface area contributed by atoms with Crippen LogP contribution in [0.15, 0.2) is 24.3 Å². The van der Waals surface area contributed by atoms with E-state index >= 15 is 0 Å². The van der Waals surface area contributed by atoms with Crippen molar-refractivity contribution in [3.8, 4) is 5.75 Å². The van der Waals surface area contributed by atoms with Gasteiger partial charge in [-0.2, -0.15) is 0 Å². The summed E-state index contributed by atoms with van der Waals surface area (Å²) in [6.07, 6.45) is 2.55. The molecule has 1 fully saturated rings. The number of carbonyl (C=O) groups excluding carboxylic acids is 2. The highest BCUT2D eigenvalue weighted by molar-refractivity contribution is 5.79.